The second-order valence-corrected chi connectivity index (χ2v) is 2.21. The van der Waals surface area contributed by atoms with E-state index in [-0.39, 0.29) is 5.60 Å². The minimum atomic E-state index is -0.111. The van der Waals surface area contributed by atoms with Crippen LogP contribution in [0.15, 0.2) is 25.0 Å². The van der Waals surface area contributed by atoms with Gasteiger partial charge >= 0.3 is 0 Å². The van der Waals surface area contributed by atoms with E-state index in [0.29, 0.717) is 0 Å². The van der Waals surface area contributed by atoms with E-state index in [0.717, 1.165) is 6.42 Å². The lowest BCUT2D eigenvalue weighted by Crippen LogP contribution is -2.17. The third kappa shape index (κ3) is 0.760. The lowest BCUT2D eigenvalue weighted by Gasteiger charge is -2.17. The first-order valence-corrected chi connectivity index (χ1v) is 2.73. The standard InChI is InChI=1S/C7H10O/c1-3-7(2)5-4-6-8-7/h3-4,6H,1,5H2,2H3/t7-/m0/s1. The van der Waals surface area contributed by atoms with E-state index in [1.165, 1.54) is 0 Å². The molecule has 0 saturated heterocycles. The fraction of sp³-hybridized carbons (Fsp3) is 0.429. The highest BCUT2D eigenvalue weighted by Gasteiger charge is 2.21. The van der Waals surface area contributed by atoms with Gasteiger partial charge in [0.25, 0.3) is 0 Å². The molecule has 0 aromatic heterocycles. The molecule has 0 unspecified atom stereocenters. The van der Waals surface area contributed by atoms with Crippen LogP contribution in [0.25, 0.3) is 0 Å². The minimum absolute atomic E-state index is 0.111. The molecule has 1 aliphatic heterocycles. The second-order valence-electron chi connectivity index (χ2n) is 2.21. The maximum absolute atomic E-state index is 5.19. The number of hydrogen-bond acceptors (Lipinski definition) is 1. The van der Waals surface area contributed by atoms with E-state index in [9.17, 15) is 0 Å². The molecule has 1 atom stereocenters. The zero-order chi connectivity index (χ0) is 6.04. The van der Waals surface area contributed by atoms with Crippen molar-refractivity contribution in [2.45, 2.75) is 18.9 Å². The molecular formula is C7H10O. The van der Waals surface area contributed by atoms with E-state index in [4.69, 9.17) is 4.74 Å². The smallest absolute Gasteiger partial charge is 0.127 e. The van der Waals surface area contributed by atoms with Crippen LogP contribution in [0.5, 0.6) is 0 Å². The van der Waals surface area contributed by atoms with Gasteiger partial charge in [-0.2, -0.15) is 0 Å². The van der Waals surface area contributed by atoms with Gasteiger partial charge in [-0.3, -0.25) is 0 Å². The first kappa shape index (κ1) is 5.42. The Hall–Kier alpha value is -0.720. The molecule has 8 heavy (non-hydrogen) atoms. The maximum Gasteiger partial charge on any atom is 0.127 e. The molecule has 0 aliphatic carbocycles. The molecule has 1 rings (SSSR count). The summed E-state index contributed by atoms with van der Waals surface area (Å²) in [6, 6.07) is 0. The van der Waals surface area contributed by atoms with Gasteiger partial charge in [0.2, 0.25) is 0 Å². The molecule has 0 aromatic rings. The van der Waals surface area contributed by atoms with Gasteiger partial charge in [0.15, 0.2) is 0 Å². The van der Waals surface area contributed by atoms with Crippen molar-refractivity contribution in [1.29, 1.82) is 0 Å². The molecular weight excluding hydrogens is 100 g/mol. The fourth-order valence-electron chi connectivity index (χ4n) is 0.665. The highest BCUT2D eigenvalue weighted by molar-refractivity contribution is 5.04. The van der Waals surface area contributed by atoms with Crippen LogP contribution in [-0.2, 0) is 4.74 Å². The van der Waals surface area contributed by atoms with Gasteiger partial charge in [-0.15, -0.1) is 0 Å². The predicted octanol–water partition coefficient (Wildman–Crippen LogP) is 1.87. The Kier molecular flexibility index (Phi) is 1.12. The van der Waals surface area contributed by atoms with Crippen LogP contribution >= 0.6 is 0 Å². The van der Waals surface area contributed by atoms with Gasteiger partial charge in [-0.05, 0) is 19.1 Å². The van der Waals surface area contributed by atoms with Crippen LogP contribution in [0.3, 0.4) is 0 Å². The summed E-state index contributed by atoms with van der Waals surface area (Å²) in [7, 11) is 0. The molecule has 1 heterocycles. The Labute approximate surface area is 49.7 Å². The molecule has 0 N–H and O–H groups in total. The minimum Gasteiger partial charge on any atom is -0.491 e. The van der Waals surface area contributed by atoms with Gasteiger partial charge in [0.1, 0.15) is 5.60 Å². The Bertz CT molecular complexity index is 116. The molecule has 0 bridgehead atoms. The zero-order valence-electron chi connectivity index (χ0n) is 5.05. The number of rotatable bonds is 1. The molecule has 0 aromatic carbocycles. The van der Waals surface area contributed by atoms with Crippen molar-refractivity contribution in [2.75, 3.05) is 0 Å². The van der Waals surface area contributed by atoms with Gasteiger partial charge in [-0.1, -0.05) is 6.58 Å². The summed E-state index contributed by atoms with van der Waals surface area (Å²) < 4.78 is 5.19. The highest BCUT2D eigenvalue weighted by atomic mass is 16.5. The molecule has 0 radical (unpaired) electrons. The highest BCUT2D eigenvalue weighted by Crippen LogP contribution is 2.22. The molecule has 1 heteroatoms. The van der Waals surface area contributed by atoms with Crippen molar-refractivity contribution >= 4 is 0 Å². The van der Waals surface area contributed by atoms with Crippen molar-refractivity contribution < 1.29 is 4.74 Å². The molecule has 0 saturated carbocycles. The summed E-state index contributed by atoms with van der Waals surface area (Å²) in [5.74, 6) is 0. The van der Waals surface area contributed by atoms with Crippen molar-refractivity contribution in [2.24, 2.45) is 0 Å². The largest absolute Gasteiger partial charge is 0.491 e. The van der Waals surface area contributed by atoms with E-state index < -0.39 is 0 Å². The van der Waals surface area contributed by atoms with Crippen LogP contribution in [-0.4, -0.2) is 5.60 Å². The first-order valence-electron chi connectivity index (χ1n) is 2.73. The lowest BCUT2D eigenvalue weighted by molar-refractivity contribution is 0.112. The number of ether oxygens (including phenoxy) is 1. The monoisotopic (exact) mass is 110 g/mol. The summed E-state index contributed by atoms with van der Waals surface area (Å²) in [5, 5.41) is 0. The quantitative estimate of drug-likeness (QED) is 0.468. The first-order chi connectivity index (χ1) is 3.77. The molecule has 0 amide bonds. The van der Waals surface area contributed by atoms with Crippen molar-refractivity contribution in [1.82, 2.24) is 0 Å². The normalized spacial score (nSPS) is 34.6. The van der Waals surface area contributed by atoms with E-state index in [1.807, 2.05) is 19.1 Å². The molecule has 1 aliphatic rings. The van der Waals surface area contributed by atoms with Gasteiger partial charge in [0.05, 0.1) is 6.26 Å². The fourth-order valence-corrected chi connectivity index (χ4v) is 0.665. The van der Waals surface area contributed by atoms with Gasteiger partial charge < -0.3 is 4.74 Å². The Morgan fingerprint density at radius 3 is 2.88 bits per heavy atom. The topological polar surface area (TPSA) is 9.23 Å². The summed E-state index contributed by atoms with van der Waals surface area (Å²) in [5.41, 5.74) is -0.111. The zero-order valence-corrected chi connectivity index (χ0v) is 5.05. The third-order valence-corrected chi connectivity index (χ3v) is 1.39. The van der Waals surface area contributed by atoms with Crippen LogP contribution in [0.4, 0.5) is 0 Å². The Balaban J connectivity index is 2.58. The SMILES string of the molecule is C=C[C@@]1(C)CC=CO1. The van der Waals surface area contributed by atoms with Gasteiger partial charge in [-0.25, -0.2) is 0 Å². The average Bonchev–Trinajstić information content (AvgIpc) is 2.17. The Morgan fingerprint density at radius 1 is 1.88 bits per heavy atom. The van der Waals surface area contributed by atoms with Crippen LogP contribution < -0.4 is 0 Å². The van der Waals surface area contributed by atoms with Crippen LogP contribution in [0.1, 0.15) is 13.3 Å². The maximum atomic E-state index is 5.19. The van der Waals surface area contributed by atoms with E-state index >= 15 is 0 Å². The van der Waals surface area contributed by atoms with Gasteiger partial charge in [0, 0.05) is 6.42 Å². The van der Waals surface area contributed by atoms with E-state index in [1.54, 1.807) is 6.26 Å². The molecule has 0 spiro atoms. The van der Waals surface area contributed by atoms with Crippen molar-refractivity contribution in [3.05, 3.63) is 25.0 Å². The summed E-state index contributed by atoms with van der Waals surface area (Å²) in [6.45, 7) is 5.66. The summed E-state index contributed by atoms with van der Waals surface area (Å²) in [4.78, 5) is 0. The average molecular weight is 110 g/mol. The molecule has 44 valence electrons. The summed E-state index contributed by atoms with van der Waals surface area (Å²) in [6.07, 6.45) is 6.51. The van der Waals surface area contributed by atoms with E-state index in [2.05, 4.69) is 6.58 Å². The predicted molar refractivity (Wildman–Crippen MR) is 33.4 cm³/mol. The Morgan fingerprint density at radius 2 is 2.62 bits per heavy atom. The second kappa shape index (κ2) is 1.66. The molecule has 1 nitrogen and oxygen atoms in total. The van der Waals surface area contributed by atoms with Crippen LogP contribution in [0, 0.1) is 0 Å². The summed E-state index contributed by atoms with van der Waals surface area (Å²) >= 11 is 0. The molecule has 0 fully saturated rings. The van der Waals surface area contributed by atoms with Crippen molar-refractivity contribution in [3.63, 3.8) is 0 Å². The van der Waals surface area contributed by atoms with Crippen LogP contribution in [0.2, 0.25) is 0 Å². The lowest BCUT2D eigenvalue weighted by atomic mass is 10.1. The third-order valence-electron chi connectivity index (χ3n) is 1.39. The van der Waals surface area contributed by atoms with Crippen molar-refractivity contribution in [3.8, 4) is 0 Å². The number of hydrogen-bond donors (Lipinski definition) is 0.